The zero-order valence-corrected chi connectivity index (χ0v) is 17.6. The second kappa shape index (κ2) is 7.92. The maximum Gasteiger partial charge on any atom is 0.311 e. The van der Waals surface area contributed by atoms with Gasteiger partial charge in [-0.3, -0.25) is 14.4 Å². The summed E-state index contributed by atoms with van der Waals surface area (Å²) in [6, 6.07) is 5.99. The highest BCUT2D eigenvalue weighted by atomic mass is 19.1. The van der Waals surface area contributed by atoms with E-state index in [1.165, 1.54) is 55.6 Å². The standard InChI is InChI=1S/C24H29FN2O4/c25-19-3-1-2-4-20(19)27-12-18(8-22(27)29)23(30)31-13-21(28)26-14-24-9-15-5-16(10-24)7-17(6-15)11-24/h1-4,15-18H,5-14H2,(H,26,28)/t15?,16?,17?,18-,24?/m1/s1. The number of anilines is 1. The molecule has 6 rings (SSSR count). The fourth-order valence-electron chi connectivity index (χ4n) is 6.87. The van der Waals surface area contributed by atoms with Crippen molar-refractivity contribution in [2.24, 2.45) is 29.1 Å². The number of carbonyl (C=O) groups is 3. The van der Waals surface area contributed by atoms with Gasteiger partial charge >= 0.3 is 5.97 Å². The number of rotatable bonds is 6. The number of hydrogen-bond donors (Lipinski definition) is 1. The summed E-state index contributed by atoms with van der Waals surface area (Å²) in [5.74, 6) is 0.0571. The molecule has 1 aliphatic heterocycles. The molecular weight excluding hydrogens is 399 g/mol. The molecule has 4 bridgehead atoms. The molecule has 0 aromatic heterocycles. The van der Waals surface area contributed by atoms with E-state index in [9.17, 15) is 18.8 Å². The Balaban J connectivity index is 1.10. The summed E-state index contributed by atoms with van der Waals surface area (Å²) in [5, 5.41) is 2.99. The highest BCUT2D eigenvalue weighted by Gasteiger charge is 2.50. The van der Waals surface area contributed by atoms with Gasteiger partial charge in [0, 0.05) is 19.5 Å². The molecule has 0 unspecified atom stereocenters. The highest BCUT2D eigenvalue weighted by molar-refractivity contribution is 5.99. The Morgan fingerprint density at radius 3 is 2.39 bits per heavy atom. The number of para-hydroxylation sites is 1. The molecule has 0 spiro atoms. The van der Waals surface area contributed by atoms with Gasteiger partial charge in [-0.1, -0.05) is 12.1 Å². The van der Waals surface area contributed by atoms with Gasteiger partial charge in [0.2, 0.25) is 5.91 Å². The van der Waals surface area contributed by atoms with Crippen molar-refractivity contribution in [3.8, 4) is 0 Å². The number of ether oxygens (including phenoxy) is 1. The second-order valence-corrected chi connectivity index (χ2v) is 10.2. The van der Waals surface area contributed by atoms with Gasteiger partial charge in [0.1, 0.15) is 5.82 Å². The number of amides is 2. The molecular formula is C24H29FN2O4. The van der Waals surface area contributed by atoms with E-state index in [0.29, 0.717) is 6.54 Å². The fraction of sp³-hybridized carbons (Fsp3) is 0.625. The fourth-order valence-corrected chi connectivity index (χ4v) is 6.87. The molecule has 1 aromatic rings. The molecule has 5 aliphatic rings. The summed E-state index contributed by atoms with van der Waals surface area (Å²) in [4.78, 5) is 38.3. The smallest absolute Gasteiger partial charge is 0.311 e. The Morgan fingerprint density at radius 2 is 1.74 bits per heavy atom. The maximum atomic E-state index is 14.0. The molecule has 7 heteroatoms. The van der Waals surface area contributed by atoms with E-state index in [2.05, 4.69) is 5.32 Å². The van der Waals surface area contributed by atoms with Crippen LogP contribution in [0.4, 0.5) is 10.1 Å². The molecule has 1 atom stereocenters. The predicted octanol–water partition coefficient (Wildman–Crippen LogP) is 3.05. The Hall–Kier alpha value is -2.44. The van der Waals surface area contributed by atoms with Crippen LogP contribution in [0.15, 0.2) is 24.3 Å². The lowest BCUT2D eigenvalue weighted by atomic mass is 9.49. The topological polar surface area (TPSA) is 75.7 Å². The van der Waals surface area contributed by atoms with Crippen LogP contribution in [0.2, 0.25) is 0 Å². The number of carbonyl (C=O) groups excluding carboxylic acids is 3. The van der Waals surface area contributed by atoms with Crippen LogP contribution in [0.1, 0.15) is 44.9 Å². The number of esters is 1. The van der Waals surface area contributed by atoms with Gasteiger partial charge in [-0.2, -0.15) is 0 Å². The molecule has 1 N–H and O–H groups in total. The first-order valence-corrected chi connectivity index (χ1v) is 11.4. The van der Waals surface area contributed by atoms with Crippen molar-refractivity contribution in [3.05, 3.63) is 30.1 Å². The van der Waals surface area contributed by atoms with Gasteiger partial charge in [0.25, 0.3) is 5.91 Å². The van der Waals surface area contributed by atoms with E-state index in [1.54, 1.807) is 12.1 Å². The van der Waals surface area contributed by atoms with Gasteiger partial charge in [0.15, 0.2) is 6.61 Å². The van der Waals surface area contributed by atoms with Crippen LogP contribution in [0.3, 0.4) is 0 Å². The van der Waals surface area contributed by atoms with Gasteiger partial charge in [-0.25, -0.2) is 4.39 Å². The van der Waals surface area contributed by atoms with Crippen LogP contribution in [0, 0.1) is 34.9 Å². The van der Waals surface area contributed by atoms with Crippen LogP contribution in [0.25, 0.3) is 0 Å². The van der Waals surface area contributed by atoms with Crippen molar-refractivity contribution in [3.63, 3.8) is 0 Å². The molecule has 4 aliphatic carbocycles. The van der Waals surface area contributed by atoms with Crippen molar-refractivity contribution in [2.45, 2.75) is 44.9 Å². The number of hydrogen-bond acceptors (Lipinski definition) is 4. The van der Waals surface area contributed by atoms with E-state index in [4.69, 9.17) is 4.74 Å². The molecule has 1 saturated heterocycles. The normalized spacial score (nSPS) is 33.6. The third-order valence-corrected chi connectivity index (χ3v) is 7.77. The molecule has 6 nitrogen and oxygen atoms in total. The predicted molar refractivity (Wildman–Crippen MR) is 111 cm³/mol. The molecule has 166 valence electrons. The molecule has 4 saturated carbocycles. The third kappa shape index (κ3) is 4.06. The number of nitrogens with one attached hydrogen (secondary N) is 1. The lowest BCUT2D eigenvalue weighted by molar-refractivity contribution is -0.152. The first-order valence-electron chi connectivity index (χ1n) is 11.4. The molecule has 5 fully saturated rings. The lowest BCUT2D eigenvalue weighted by Crippen LogP contribution is -2.51. The van der Waals surface area contributed by atoms with Gasteiger partial charge in [0.05, 0.1) is 11.6 Å². The zero-order chi connectivity index (χ0) is 21.6. The van der Waals surface area contributed by atoms with Crippen molar-refractivity contribution in [2.75, 3.05) is 24.6 Å². The zero-order valence-electron chi connectivity index (χ0n) is 17.6. The van der Waals surface area contributed by atoms with Crippen molar-refractivity contribution in [1.82, 2.24) is 5.32 Å². The van der Waals surface area contributed by atoms with E-state index < -0.39 is 17.7 Å². The van der Waals surface area contributed by atoms with Crippen LogP contribution in [0.5, 0.6) is 0 Å². The summed E-state index contributed by atoms with van der Waals surface area (Å²) < 4.78 is 19.2. The lowest BCUT2D eigenvalue weighted by Gasteiger charge is -2.56. The Labute approximate surface area is 181 Å². The first kappa shape index (κ1) is 20.5. The minimum Gasteiger partial charge on any atom is -0.455 e. The number of nitrogens with zero attached hydrogens (tertiary/aromatic N) is 1. The van der Waals surface area contributed by atoms with Crippen molar-refractivity contribution < 1.29 is 23.5 Å². The number of benzene rings is 1. The molecule has 1 aromatic carbocycles. The summed E-state index contributed by atoms with van der Waals surface area (Å²) in [5.41, 5.74) is 0.392. The Bertz CT molecular complexity index is 866. The van der Waals surface area contributed by atoms with Crippen molar-refractivity contribution >= 4 is 23.5 Å². The van der Waals surface area contributed by atoms with Crippen LogP contribution < -0.4 is 10.2 Å². The summed E-state index contributed by atoms with van der Waals surface area (Å²) in [7, 11) is 0. The van der Waals surface area contributed by atoms with Crippen LogP contribution in [-0.4, -0.2) is 37.5 Å². The van der Waals surface area contributed by atoms with E-state index in [1.807, 2.05) is 0 Å². The molecule has 1 heterocycles. The Morgan fingerprint density at radius 1 is 1.10 bits per heavy atom. The average molecular weight is 429 g/mol. The van der Waals surface area contributed by atoms with Crippen molar-refractivity contribution in [1.29, 1.82) is 0 Å². The first-order chi connectivity index (χ1) is 14.9. The van der Waals surface area contributed by atoms with E-state index in [-0.39, 0.29) is 42.5 Å². The molecule has 0 radical (unpaired) electrons. The monoisotopic (exact) mass is 428 g/mol. The summed E-state index contributed by atoms with van der Waals surface area (Å²) in [6.07, 6.45) is 7.64. The number of halogens is 1. The molecule has 31 heavy (non-hydrogen) atoms. The maximum absolute atomic E-state index is 14.0. The van der Waals surface area contributed by atoms with Crippen LogP contribution in [-0.2, 0) is 19.1 Å². The third-order valence-electron chi connectivity index (χ3n) is 7.77. The minimum absolute atomic E-state index is 0.0396. The van der Waals surface area contributed by atoms with E-state index >= 15 is 0 Å². The van der Waals surface area contributed by atoms with Gasteiger partial charge in [-0.15, -0.1) is 0 Å². The highest BCUT2D eigenvalue weighted by Crippen LogP contribution is 2.59. The average Bonchev–Trinajstić information content (AvgIpc) is 3.11. The quantitative estimate of drug-likeness (QED) is 0.707. The largest absolute Gasteiger partial charge is 0.455 e. The Kier molecular flexibility index (Phi) is 5.22. The van der Waals surface area contributed by atoms with Gasteiger partial charge in [-0.05, 0) is 73.8 Å². The van der Waals surface area contributed by atoms with Crippen LogP contribution >= 0.6 is 0 Å². The van der Waals surface area contributed by atoms with E-state index in [0.717, 1.165) is 17.8 Å². The SMILES string of the molecule is O=C(COC(=O)[C@@H]1CC(=O)N(c2ccccc2F)C1)NCC12CC3CC(CC(C3)C1)C2. The minimum atomic E-state index is -0.692. The van der Waals surface area contributed by atoms with Gasteiger partial charge < -0.3 is 15.0 Å². The summed E-state index contributed by atoms with van der Waals surface area (Å²) in [6.45, 7) is 0.388. The summed E-state index contributed by atoms with van der Waals surface area (Å²) >= 11 is 0. The second-order valence-electron chi connectivity index (χ2n) is 10.2. The molecule has 2 amide bonds.